The number of carbonyl (C=O) groups excluding carboxylic acids is 2. The van der Waals surface area contributed by atoms with Gasteiger partial charge in [-0.05, 0) is 38.3 Å². The van der Waals surface area contributed by atoms with Crippen molar-refractivity contribution >= 4 is 34.0 Å². The maximum atomic E-state index is 12.4. The largest absolute Gasteiger partial charge is 0.479 e. The van der Waals surface area contributed by atoms with Crippen molar-refractivity contribution in [3.05, 3.63) is 34.8 Å². The molecule has 0 radical (unpaired) electrons. The van der Waals surface area contributed by atoms with Crippen molar-refractivity contribution in [2.75, 3.05) is 16.8 Å². The fourth-order valence-corrected chi connectivity index (χ4v) is 4.13. The fraction of sp³-hybridized carbons (Fsp3) is 0.353. The van der Waals surface area contributed by atoms with Crippen LogP contribution in [0.25, 0.3) is 0 Å². The summed E-state index contributed by atoms with van der Waals surface area (Å²) in [6.07, 6.45) is 2.56. The van der Waals surface area contributed by atoms with Crippen LogP contribution in [0.2, 0.25) is 0 Å². The number of thiazole rings is 1. The molecule has 2 aromatic rings. The molecule has 4 rings (SSSR count). The minimum Gasteiger partial charge on any atom is -0.479 e. The Morgan fingerprint density at radius 2 is 2.25 bits per heavy atom. The third-order valence-corrected chi connectivity index (χ3v) is 5.29. The molecule has 2 aliphatic rings. The summed E-state index contributed by atoms with van der Waals surface area (Å²) in [6.45, 7) is 1.64. The molecule has 0 spiro atoms. The van der Waals surface area contributed by atoms with Gasteiger partial charge in [-0.25, -0.2) is 4.98 Å². The number of para-hydroxylation sites is 2. The van der Waals surface area contributed by atoms with Gasteiger partial charge in [-0.3, -0.25) is 14.5 Å². The van der Waals surface area contributed by atoms with Gasteiger partial charge in [0.1, 0.15) is 12.3 Å². The number of carbonyl (C=O) groups is 2. The van der Waals surface area contributed by atoms with Gasteiger partial charge in [-0.2, -0.15) is 0 Å². The van der Waals surface area contributed by atoms with E-state index in [-0.39, 0.29) is 18.4 Å². The van der Waals surface area contributed by atoms with E-state index in [9.17, 15) is 9.59 Å². The Kier molecular flexibility index (Phi) is 3.72. The zero-order chi connectivity index (χ0) is 16.7. The van der Waals surface area contributed by atoms with Crippen LogP contribution in [0, 0.1) is 0 Å². The Labute approximate surface area is 143 Å². The molecule has 124 valence electrons. The van der Waals surface area contributed by atoms with Gasteiger partial charge in [0.15, 0.2) is 11.2 Å². The molecule has 6 nitrogen and oxygen atoms in total. The molecule has 2 heterocycles. The second-order valence-electron chi connectivity index (χ2n) is 5.94. The van der Waals surface area contributed by atoms with Crippen molar-refractivity contribution in [3.63, 3.8) is 0 Å². The number of aromatic nitrogens is 1. The lowest BCUT2D eigenvalue weighted by Crippen LogP contribution is -2.47. The number of hydrogen-bond acceptors (Lipinski definition) is 5. The molecular formula is C17H17N3O3S. The van der Waals surface area contributed by atoms with Gasteiger partial charge in [0, 0.05) is 4.88 Å². The van der Waals surface area contributed by atoms with Gasteiger partial charge in [0.25, 0.3) is 5.91 Å². The number of rotatable bonds is 3. The topological polar surface area (TPSA) is 71.5 Å². The number of fused-ring (bicyclic) bond motifs is 2. The van der Waals surface area contributed by atoms with Crippen LogP contribution in [0.1, 0.15) is 23.9 Å². The van der Waals surface area contributed by atoms with E-state index in [0.717, 1.165) is 25.0 Å². The minimum atomic E-state index is -0.601. The predicted octanol–water partition coefficient (Wildman–Crippen LogP) is 2.38. The first-order chi connectivity index (χ1) is 11.6. The monoisotopic (exact) mass is 343 g/mol. The highest BCUT2D eigenvalue weighted by molar-refractivity contribution is 7.15. The van der Waals surface area contributed by atoms with Gasteiger partial charge in [-0.15, -0.1) is 11.3 Å². The second kappa shape index (κ2) is 5.90. The Hall–Kier alpha value is -2.41. The molecule has 1 aliphatic carbocycles. The highest BCUT2D eigenvalue weighted by Crippen LogP contribution is 2.34. The van der Waals surface area contributed by atoms with E-state index >= 15 is 0 Å². The molecule has 2 amide bonds. The van der Waals surface area contributed by atoms with E-state index in [4.69, 9.17) is 4.74 Å². The lowest BCUT2D eigenvalue weighted by Gasteiger charge is -2.32. The molecule has 1 unspecified atom stereocenters. The molecule has 1 atom stereocenters. The maximum Gasteiger partial charge on any atom is 0.268 e. The summed E-state index contributed by atoms with van der Waals surface area (Å²) in [4.78, 5) is 32.0. The Balaban J connectivity index is 1.51. The minimum absolute atomic E-state index is 0.0478. The molecule has 0 bridgehead atoms. The first-order valence-corrected chi connectivity index (χ1v) is 8.79. The first kappa shape index (κ1) is 15.1. The molecule has 1 aromatic carbocycles. The number of nitrogens with zero attached hydrogens (tertiary/aromatic N) is 2. The Morgan fingerprint density at radius 3 is 3.08 bits per heavy atom. The van der Waals surface area contributed by atoms with Gasteiger partial charge in [-0.1, -0.05) is 12.1 Å². The molecule has 0 fully saturated rings. The number of anilines is 2. The third kappa shape index (κ3) is 2.65. The summed E-state index contributed by atoms with van der Waals surface area (Å²) in [6, 6.07) is 7.25. The van der Waals surface area contributed by atoms with Crippen LogP contribution in [0.5, 0.6) is 5.75 Å². The van der Waals surface area contributed by atoms with Gasteiger partial charge < -0.3 is 10.1 Å². The fourth-order valence-electron chi connectivity index (χ4n) is 3.07. The summed E-state index contributed by atoms with van der Waals surface area (Å²) in [5.41, 5.74) is 1.72. The molecule has 0 saturated heterocycles. The van der Waals surface area contributed by atoms with Gasteiger partial charge in [0.05, 0.1) is 11.4 Å². The van der Waals surface area contributed by atoms with Crippen LogP contribution in [-0.4, -0.2) is 29.4 Å². The Morgan fingerprint density at radius 1 is 1.42 bits per heavy atom. The van der Waals surface area contributed by atoms with E-state index in [0.29, 0.717) is 16.6 Å². The SMILES string of the molecule is CC1Oc2ccccc2N(CC(=O)Nc2nc3c(s2)CCC3)C1=O. The number of nitrogens with one attached hydrogen (secondary N) is 1. The molecule has 1 aliphatic heterocycles. The van der Waals surface area contributed by atoms with Crippen molar-refractivity contribution in [3.8, 4) is 5.75 Å². The average Bonchev–Trinajstić information content (AvgIpc) is 3.13. The molecule has 24 heavy (non-hydrogen) atoms. The summed E-state index contributed by atoms with van der Waals surface area (Å²) < 4.78 is 5.58. The Bertz CT molecular complexity index is 796. The summed E-state index contributed by atoms with van der Waals surface area (Å²) in [5, 5.41) is 3.44. The van der Waals surface area contributed by atoms with Crippen LogP contribution < -0.4 is 15.0 Å². The van der Waals surface area contributed by atoms with E-state index in [2.05, 4.69) is 10.3 Å². The second-order valence-corrected chi connectivity index (χ2v) is 7.03. The van der Waals surface area contributed by atoms with E-state index in [1.54, 1.807) is 19.1 Å². The lowest BCUT2D eigenvalue weighted by atomic mass is 10.2. The zero-order valence-electron chi connectivity index (χ0n) is 13.2. The van der Waals surface area contributed by atoms with Crippen molar-refractivity contribution < 1.29 is 14.3 Å². The molecule has 1 N–H and O–H groups in total. The van der Waals surface area contributed by atoms with Crippen molar-refractivity contribution in [1.29, 1.82) is 0 Å². The summed E-state index contributed by atoms with van der Waals surface area (Å²) >= 11 is 1.53. The van der Waals surface area contributed by atoms with Crippen LogP contribution in [0.4, 0.5) is 10.8 Å². The third-order valence-electron chi connectivity index (χ3n) is 4.22. The lowest BCUT2D eigenvalue weighted by molar-refractivity contribution is -0.127. The molecule has 7 heteroatoms. The quantitative estimate of drug-likeness (QED) is 0.929. The van der Waals surface area contributed by atoms with E-state index < -0.39 is 6.10 Å². The van der Waals surface area contributed by atoms with E-state index in [1.165, 1.54) is 21.1 Å². The van der Waals surface area contributed by atoms with Crippen molar-refractivity contribution in [2.24, 2.45) is 0 Å². The van der Waals surface area contributed by atoms with Gasteiger partial charge in [0.2, 0.25) is 5.91 Å². The molecular weight excluding hydrogens is 326 g/mol. The van der Waals surface area contributed by atoms with Crippen LogP contribution in [0.3, 0.4) is 0 Å². The predicted molar refractivity (Wildman–Crippen MR) is 91.7 cm³/mol. The number of ether oxygens (including phenoxy) is 1. The van der Waals surface area contributed by atoms with E-state index in [1.807, 2.05) is 12.1 Å². The standard InChI is InChI=1S/C17H17N3O3S/c1-10-16(22)20(12-6-2-3-7-13(12)23-10)9-15(21)19-17-18-11-5-4-8-14(11)24-17/h2-3,6-7,10H,4-5,8-9H2,1H3,(H,18,19,21). The maximum absolute atomic E-state index is 12.4. The number of hydrogen-bond donors (Lipinski definition) is 1. The number of amides is 2. The van der Waals surface area contributed by atoms with Crippen LogP contribution in [0.15, 0.2) is 24.3 Å². The average molecular weight is 343 g/mol. The summed E-state index contributed by atoms with van der Waals surface area (Å²) in [7, 11) is 0. The number of benzene rings is 1. The van der Waals surface area contributed by atoms with Gasteiger partial charge >= 0.3 is 0 Å². The van der Waals surface area contributed by atoms with Crippen LogP contribution >= 0.6 is 11.3 Å². The van der Waals surface area contributed by atoms with Crippen molar-refractivity contribution in [2.45, 2.75) is 32.3 Å². The first-order valence-electron chi connectivity index (χ1n) is 7.97. The summed E-state index contributed by atoms with van der Waals surface area (Å²) in [5.74, 6) is 0.149. The smallest absolute Gasteiger partial charge is 0.268 e. The van der Waals surface area contributed by atoms with Crippen molar-refractivity contribution in [1.82, 2.24) is 4.98 Å². The molecule has 1 aromatic heterocycles. The zero-order valence-corrected chi connectivity index (χ0v) is 14.1. The molecule has 0 saturated carbocycles. The normalized spacial score (nSPS) is 18.8. The highest BCUT2D eigenvalue weighted by atomic mass is 32.1. The number of aryl methyl sites for hydroxylation is 2. The highest BCUT2D eigenvalue weighted by Gasteiger charge is 2.32. The van der Waals surface area contributed by atoms with Crippen LogP contribution in [-0.2, 0) is 22.4 Å².